The van der Waals surface area contributed by atoms with Crippen molar-refractivity contribution in [1.29, 1.82) is 0 Å². The Morgan fingerprint density at radius 2 is 1.73 bits per heavy atom. The monoisotopic (exact) mass is 315 g/mol. The molecule has 0 fully saturated rings. The van der Waals surface area contributed by atoms with Crippen molar-refractivity contribution in [2.75, 3.05) is 0 Å². The van der Waals surface area contributed by atoms with Crippen LogP contribution in [-0.4, -0.2) is 21.8 Å². The van der Waals surface area contributed by atoms with Gasteiger partial charge in [0.15, 0.2) is 0 Å². The molecule has 0 bridgehead atoms. The average Bonchev–Trinajstić information content (AvgIpc) is 2.39. The second-order valence-electron chi connectivity index (χ2n) is 4.51. The quantitative estimate of drug-likeness (QED) is 0.886. The van der Waals surface area contributed by atoms with Gasteiger partial charge in [-0.2, -0.15) is 13.2 Å². The van der Waals surface area contributed by atoms with Gasteiger partial charge in [0.2, 0.25) is 5.43 Å². The fraction of sp³-hybridized carbons (Fsp3) is 0.143. The van der Waals surface area contributed by atoms with E-state index in [1.807, 2.05) is 0 Å². The van der Waals surface area contributed by atoms with E-state index in [1.165, 1.54) is 12.1 Å². The maximum Gasteiger partial charge on any atom is 0.406 e. The number of aromatic nitrogens is 1. The first-order valence-electron chi connectivity index (χ1n) is 5.97. The van der Waals surface area contributed by atoms with E-state index in [2.05, 4.69) is 0 Å². The molecule has 1 heterocycles. The molecule has 4 nitrogen and oxygen atoms in total. The van der Waals surface area contributed by atoms with E-state index in [9.17, 15) is 27.2 Å². The zero-order valence-electron chi connectivity index (χ0n) is 10.9. The van der Waals surface area contributed by atoms with Gasteiger partial charge in [-0.15, -0.1) is 0 Å². The smallest absolute Gasteiger partial charge is 0.406 e. The summed E-state index contributed by atoms with van der Waals surface area (Å²) in [5.41, 5.74) is -1.84. The topological polar surface area (TPSA) is 59.3 Å². The standard InChI is InChI=1S/C14H9F4NO3/c15-9-3-1-8(2-4-9)10-5-19(7-14(16,17)18)6-11(12(10)20)13(21)22/h1-6H,7H2,(H,21,22). The molecule has 2 aromatic rings. The zero-order valence-corrected chi connectivity index (χ0v) is 10.9. The minimum Gasteiger partial charge on any atom is -0.477 e. The minimum atomic E-state index is -4.58. The number of carboxylic acid groups (broad SMARTS) is 1. The number of halogens is 4. The van der Waals surface area contributed by atoms with Gasteiger partial charge in [-0.3, -0.25) is 4.79 Å². The zero-order chi connectivity index (χ0) is 16.5. The highest BCUT2D eigenvalue weighted by Gasteiger charge is 2.28. The molecule has 2 rings (SSSR count). The van der Waals surface area contributed by atoms with Crippen molar-refractivity contribution in [2.24, 2.45) is 0 Å². The Balaban J connectivity index is 2.64. The molecular formula is C14H9F4NO3. The number of aromatic carboxylic acids is 1. The number of carbonyl (C=O) groups is 1. The summed E-state index contributed by atoms with van der Waals surface area (Å²) in [5, 5.41) is 8.95. The fourth-order valence-electron chi connectivity index (χ4n) is 1.92. The number of rotatable bonds is 3. The van der Waals surface area contributed by atoms with E-state index in [4.69, 9.17) is 5.11 Å². The molecule has 1 aromatic heterocycles. The van der Waals surface area contributed by atoms with E-state index in [1.54, 1.807) is 0 Å². The first kappa shape index (κ1) is 15.7. The largest absolute Gasteiger partial charge is 0.477 e. The molecule has 0 radical (unpaired) electrons. The Hall–Kier alpha value is -2.64. The number of pyridine rings is 1. The van der Waals surface area contributed by atoms with Crippen LogP contribution in [-0.2, 0) is 6.54 Å². The van der Waals surface area contributed by atoms with E-state index in [0.29, 0.717) is 10.8 Å². The third-order valence-electron chi connectivity index (χ3n) is 2.83. The summed E-state index contributed by atoms with van der Waals surface area (Å²) in [5.74, 6) is -2.22. The molecule has 0 amide bonds. The second-order valence-corrected chi connectivity index (χ2v) is 4.51. The van der Waals surface area contributed by atoms with Crippen molar-refractivity contribution >= 4 is 5.97 Å². The third kappa shape index (κ3) is 3.51. The second kappa shape index (κ2) is 5.63. The molecule has 0 spiro atoms. The van der Waals surface area contributed by atoms with Crippen LogP contribution in [0.4, 0.5) is 17.6 Å². The molecule has 116 valence electrons. The number of benzene rings is 1. The Labute approximate surface area is 121 Å². The molecule has 0 aliphatic heterocycles. The van der Waals surface area contributed by atoms with Gasteiger partial charge in [-0.25, -0.2) is 9.18 Å². The predicted octanol–water partition coefficient (Wildman–Crippen LogP) is 2.91. The number of carboxylic acids is 1. The molecule has 0 saturated heterocycles. The van der Waals surface area contributed by atoms with Crippen molar-refractivity contribution < 1.29 is 27.5 Å². The van der Waals surface area contributed by atoms with Gasteiger partial charge in [-0.05, 0) is 17.7 Å². The Morgan fingerprint density at radius 3 is 2.23 bits per heavy atom. The van der Waals surface area contributed by atoms with Crippen molar-refractivity contribution in [2.45, 2.75) is 12.7 Å². The average molecular weight is 315 g/mol. The molecule has 22 heavy (non-hydrogen) atoms. The van der Waals surface area contributed by atoms with Crippen LogP contribution in [0.5, 0.6) is 0 Å². The van der Waals surface area contributed by atoms with Gasteiger partial charge in [0.1, 0.15) is 17.9 Å². The van der Waals surface area contributed by atoms with E-state index >= 15 is 0 Å². The summed E-state index contributed by atoms with van der Waals surface area (Å²) in [7, 11) is 0. The first-order valence-corrected chi connectivity index (χ1v) is 5.97. The first-order chi connectivity index (χ1) is 10.2. The Kier molecular flexibility index (Phi) is 4.03. The summed E-state index contributed by atoms with van der Waals surface area (Å²) >= 11 is 0. The van der Waals surface area contributed by atoms with E-state index < -0.39 is 35.5 Å². The molecule has 0 saturated carbocycles. The number of hydrogen-bond donors (Lipinski definition) is 1. The Morgan fingerprint density at radius 1 is 1.14 bits per heavy atom. The molecule has 8 heteroatoms. The predicted molar refractivity (Wildman–Crippen MR) is 69.1 cm³/mol. The summed E-state index contributed by atoms with van der Waals surface area (Å²) in [6.45, 7) is -1.44. The molecule has 0 unspecified atom stereocenters. The summed E-state index contributed by atoms with van der Waals surface area (Å²) in [4.78, 5) is 23.1. The SMILES string of the molecule is O=C(O)c1cn(CC(F)(F)F)cc(-c2ccc(F)cc2)c1=O. The van der Waals surface area contributed by atoms with Crippen molar-refractivity contribution in [3.63, 3.8) is 0 Å². The van der Waals surface area contributed by atoms with Crippen molar-refractivity contribution in [1.82, 2.24) is 4.57 Å². The van der Waals surface area contributed by atoms with Crippen LogP contribution in [0.1, 0.15) is 10.4 Å². The highest BCUT2D eigenvalue weighted by atomic mass is 19.4. The maximum absolute atomic E-state index is 12.9. The van der Waals surface area contributed by atoms with Crippen LogP contribution in [0.15, 0.2) is 41.5 Å². The lowest BCUT2D eigenvalue weighted by Crippen LogP contribution is -2.24. The number of hydrogen-bond acceptors (Lipinski definition) is 2. The molecule has 1 aromatic carbocycles. The van der Waals surface area contributed by atoms with Gasteiger partial charge < -0.3 is 9.67 Å². The normalized spacial score (nSPS) is 11.5. The molecule has 0 aliphatic carbocycles. The van der Waals surface area contributed by atoms with Crippen LogP contribution in [0.25, 0.3) is 11.1 Å². The van der Waals surface area contributed by atoms with E-state index in [-0.39, 0.29) is 11.1 Å². The maximum atomic E-state index is 12.9. The van der Waals surface area contributed by atoms with Gasteiger partial charge in [0.05, 0.1) is 0 Å². The number of nitrogens with zero attached hydrogens (tertiary/aromatic N) is 1. The lowest BCUT2D eigenvalue weighted by molar-refractivity contribution is -0.140. The highest BCUT2D eigenvalue weighted by molar-refractivity contribution is 5.88. The molecule has 0 aliphatic rings. The van der Waals surface area contributed by atoms with E-state index in [0.717, 1.165) is 18.3 Å². The molecule has 0 atom stereocenters. The summed E-state index contributed by atoms with van der Waals surface area (Å²) in [6.07, 6.45) is -3.05. The van der Waals surface area contributed by atoms with Crippen LogP contribution >= 0.6 is 0 Å². The third-order valence-corrected chi connectivity index (χ3v) is 2.83. The van der Waals surface area contributed by atoms with Crippen molar-refractivity contribution in [3.05, 3.63) is 58.3 Å². The highest BCUT2D eigenvalue weighted by Crippen LogP contribution is 2.21. The van der Waals surface area contributed by atoms with Crippen LogP contribution in [0, 0.1) is 5.82 Å². The van der Waals surface area contributed by atoms with Crippen LogP contribution < -0.4 is 5.43 Å². The Bertz CT molecular complexity index is 763. The van der Waals surface area contributed by atoms with Crippen molar-refractivity contribution in [3.8, 4) is 11.1 Å². The van der Waals surface area contributed by atoms with Crippen LogP contribution in [0.3, 0.4) is 0 Å². The summed E-state index contributed by atoms with van der Waals surface area (Å²) in [6, 6.07) is 4.43. The van der Waals surface area contributed by atoms with Crippen LogP contribution in [0.2, 0.25) is 0 Å². The minimum absolute atomic E-state index is 0.130. The lowest BCUT2D eigenvalue weighted by atomic mass is 10.0. The molecular weight excluding hydrogens is 306 g/mol. The van der Waals surface area contributed by atoms with Gasteiger partial charge >= 0.3 is 12.1 Å². The number of alkyl halides is 3. The lowest BCUT2D eigenvalue weighted by Gasteiger charge is -2.13. The van der Waals surface area contributed by atoms with Gasteiger partial charge in [0, 0.05) is 18.0 Å². The fourth-order valence-corrected chi connectivity index (χ4v) is 1.92. The summed E-state index contributed by atoms with van der Waals surface area (Å²) < 4.78 is 50.9. The van der Waals surface area contributed by atoms with Gasteiger partial charge in [-0.1, -0.05) is 12.1 Å². The molecule has 1 N–H and O–H groups in total. The van der Waals surface area contributed by atoms with Gasteiger partial charge in [0.25, 0.3) is 0 Å².